The minimum absolute atomic E-state index is 0.0630. The normalized spacial score (nSPS) is 15.3. The molecule has 4 nitrogen and oxygen atoms in total. The minimum atomic E-state index is -0.567. The summed E-state index contributed by atoms with van der Waals surface area (Å²) in [7, 11) is 0. The molecule has 0 atom stereocenters. The summed E-state index contributed by atoms with van der Waals surface area (Å²) in [5.41, 5.74) is 1.36. The van der Waals surface area contributed by atoms with Crippen molar-refractivity contribution in [3.8, 4) is 0 Å². The number of hydrogen-bond donors (Lipinski definition) is 1. The molecule has 1 saturated carbocycles. The highest BCUT2D eigenvalue weighted by atomic mass is 32.1. The van der Waals surface area contributed by atoms with Gasteiger partial charge >= 0.3 is 0 Å². The average molecular weight is 345 g/mol. The van der Waals surface area contributed by atoms with Crippen molar-refractivity contribution < 1.29 is 14.4 Å². The van der Waals surface area contributed by atoms with Crippen LogP contribution in [0.3, 0.4) is 0 Å². The van der Waals surface area contributed by atoms with Gasteiger partial charge in [-0.05, 0) is 38.3 Å². The van der Waals surface area contributed by atoms with Gasteiger partial charge in [-0.25, -0.2) is 0 Å². The smallest absolute Gasteiger partial charge is 0.293 e. The predicted molar refractivity (Wildman–Crippen MR) is 96.7 cm³/mol. The number of Topliss-reactive ketones (excluding diaryl/α,β-unsaturated/α-hetero) is 2. The Hall–Kier alpha value is -2.01. The van der Waals surface area contributed by atoms with Crippen molar-refractivity contribution in [1.82, 2.24) is 5.32 Å². The number of thiophene rings is 1. The number of carbonyl (C=O) groups is 3. The molecule has 1 amide bonds. The Labute approximate surface area is 146 Å². The van der Waals surface area contributed by atoms with E-state index in [2.05, 4.69) is 11.9 Å². The predicted octanol–water partition coefficient (Wildman–Crippen LogP) is 4.00. The maximum atomic E-state index is 12.4. The van der Waals surface area contributed by atoms with Crippen LogP contribution >= 0.6 is 11.3 Å². The Balaban J connectivity index is 2.09. The second kappa shape index (κ2) is 8.20. The molecule has 128 valence electrons. The van der Waals surface area contributed by atoms with Crippen LogP contribution in [0.2, 0.25) is 0 Å². The molecular weight excluding hydrogens is 322 g/mol. The van der Waals surface area contributed by atoms with Gasteiger partial charge in [-0.1, -0.05) is 31.6 Å². The van der Waals surface area contributed by atoms with Crippen LogP contribution in [0, 0.1) is 6.92 Å². The van der Waals surface area contributed by atoms with Crippen LogP contribution in [0.4, 0.5) is 0 Å². The molecule has 5 heteroatoms. The quantitative estimate of drug-likeness (QED) is 0.461. The van der Waals surface area contributed by atoms with Gasteiger partial charge in [0.25, 0.3) is 11.7 Å². The van der Waals surface area contributed by atoms with Gasteiger partial charge in [0, 0.05) is 22.9 Å². The summed E-state index contributed by atoms with van der Waals surface area (Å²) in [5, 5.41) is 2.80. The Morgan fingerprint density at radius 1 is 1.33 bits per heavy atom. The highest BCUT2D eigenvalue weighted by Gasteiger charge is 2.25. The summed E-state index contributed by atoms with van der Waals surface area (Å²) in [5.74, 6) is -1.18. The molecule has 0 aliphatic heterocycles. The van der Waals surface area contributed by atoms with E-state index in [1.165, 1.54) is 11.3 Å². The Morgan fingerprint density at radius 2 is 2.00 bits per heavy atom. The second-order valence-corrected chi connectivity index (χ2v) is 7.29. The highest BCUT2D eigenvalue weighted by molar-refractivity contribution is 7.15. The molecule has 0 saturated heterocycles. The number of aryl methyl sites for hydroxylation is 1. The number of amides is 1. The zero-order chi connectivity index (χ0) is 17.7. The van der Waals surface area contributed by atoms with Gasteiger partial charge in [0.05, 0.1) is 4.88 Å². The lowest BCUT2D eigenvalue weighted by atomic mass is 10.0. The van der Waals surface area contributed by atoms with Crippen molar-refractivity contribution >= 4 is 28.8 Å². The van der Waals surface area contributed by atoms with Crippen LogP contribution in [0.25, 0.3) is 0 Å². The maximum absolute atomic E-state index is 12.4. The van der Waals surface area contributed by atoms with E-state index < -0.39 is 11.7 Å². The van der Waals surface area contributed by atoms with E-state index >= 15 is 0 Å². The summed E-state index contributed by atoms with van der Waals surface area (Å²) in [4.78, 5) is 37.9. The lowest BCUT2D eigenvalue weighted by molar-refractivity contribution is -0.117. The fraction of sp³-hybridized carbons (Fsp3) is 0.421. The molecule has 2 rings (SSSR count). The monoisotopic (exact) mass is 345 g/mol. The van der Waals surface area contributed by atoms with Crippen LogP contribution in [-0.2, 0) is 4.79 Å². The molecule has 1 heterocycles. The van der Waals surface area contributed by atoms with Gasteiger partial charge in [-0.3, -0.25) is 14.4 Å². The minimum Gasteiger partial charge on any atom is -0.346 e. The fourth-order valence-corrected chi connectivity index (χ4v) is 3.85. The van der Waals surface area contributed by atoms with Gasteiger partial charge < -0.3 is 5.32 Å². The maximum Gasteiger partial charge on any atom is 0.293 e. The molecule has 1 aliphatic rings. The number of hydrogen-bond acceptors (Lipinski definition) is 4. The SMILES string of the molecule is C=C/C(=C\C)CC(=O)c1cc(C(=O)C(=O)NC2CCCC2)sc1C. The topological polar surface area (TPSA) is 63.2 Å². The lowest BCUT2D eigenvalue weighted by Crippen LogP contribution is -2.37. The van der Waals surface area contributed by atoms with Crippen molar-refractivity contribution in [3.63, 3.8) is 0 Å². The number of allylic oxidation sites excluding steroid dienone is 3. The highest BCUT2D eigenvalue weighted by Crippen LogP contribution is 2.25. The Kier molecular flexibility index (Phi) is 6.26. The fourth-order valence-electron chi connectivity index (χ4n) is 2.88. The van der Waals surface area contributed by atoms with Crippen molar-refractivity contribution in [2.75, 3.05) is 0 Å². The van der Waals surface area contributed by atoms with E-state index in [0.29, 0.717) is 10.4 Å². The molecular formula is C19H23NO3S. The van der Waals surface area contributed by atoms with Gasteiger partial charge in [0.2, 0.25) is 0 Å². The third kappa shape index (κ3) is 4.29. The summed E-state index contributed by atoms with van der Waals surface area (Å²) in [6.07, 6.45) is 7.78. The van der Waals surface area contributed by atoms with Crippen molar-refractivity contribution in [3.05, 3.63) is 45.7 Å². The van der Waals surface area contributed by atoms with Gasteiger partial charge in [0.15, 0.2) is 5.78 Å². The van der Waals surface area contributed by atoms with Crippen molar-refractivity contribution in [2.24, 2.45) is 0 Å². The molecule has 24 heavy (non-hydrogen) atoms. The summed E-state index contributed by atoms with van der Waals surface area (Å²) >= 11 is 1.20. The molecule has 0 aromatic carbocycles. The lowest BCUT2D eigenvalue weighted by Gasteiger charge is -2.10. The van der Waals surface area contributed by atoms with Gasteiger partial charge in [-0.2, -0.15) is 0 Å². The number of carbonyl (C=O) groups excluding carboxylic acids is 3. The molecule has 0 spiro atoms. The molecule has 1 N–H and O–H groups in total. The third-order valence-electron chi connectivity index (χ3n) is 4.34. The molecule has 1 aromatic rings. The van der Waals surface area contributed by atoms with Crippen LogP contribution in [0.1, 0.15) is 63.9 Å². The molecule has 1 fully saturated rings. The van der Waals surface area contributed by atoms with Crippen LogP contribution in [0.15, 0.2) is 30.4 Å². The van der Waals surface area contributed by atoms with E-state index in [0.717, 1.165) is 36.1 Å². The van der Waals surface area contributed by atoms with E-state index in [1.807, 2.05) is 13.0 Å². The summed E-state index contributed by atoms with van der Waals surface area (Å²) in [6, 6.07) is 1.66. The van der Waals surface area contributed by atoms with Crippen LogP contribution in [0.5, 0.6) is 0 Å². The van der Waals surface area contributed by atoms with Gasteiger partial charge in [0.1, 0.15) is 0 Å². The first-order valence-electron chi connectivity index (χ1n) is 8.22. The number of ketones is 2. The summed E-state index contributed by atoms with van der Waals surface area (Å²) in [6.45, 7) is 7.33. The van der Waals surface area contributed by atoms with E-state index in [4.69, 9.17) is 0 Å². The molecule has 1 aliphatic carbocycles. The Morgan fingerprint density at radius 3 is 2.58 bits per heavy atom. The van der Waals surface area contributed by atoms with Crippen LogP contribution in [-0.4, -0.2) is 23.5 Å². The standard InChI is InChI=1S/C19H23NO3S/c1-4-13(5-2)10-16(21)15-11-17(24-12(15)3)18(22)19(23)20-14-8-6-7-9-14/h4-5,11,14H,1,6-10H2,2-3H3,(H,20,23)/b13-5+. The largest absolute Gasteiger partial charge is 0.346 e. The first-order valence-corrected chi connectivity index (χ1v) is 9.04. The third-order valence-corrected chi connectivity index (χ3v) is 5.39. The van der Waals surface area contributed by atoms with Crippen LogP contribution < -0.4 is 5.32 Å². The van der Waals surface area contributed by atoms with E-state index in [-0.39, 0.29) is 18.2 Å². The van der Waals surface area contributed by atoms with E-state index in [1.54, 1.807) is 19.1 Å². The van der Waals surface area contributed by atoms with Crippen molar-refractivity contribution in [2.45, 2.75) is 52.0 Å². The zero-order valence-corrected chi connectivity index (χ0v) is 15.0. The average Bonchev–Trinajstić information content (AvgIpc) is 3.21. The molecule has 0 bridgehead atoms. The molecule has 1 aromatic heterocycles. The van der Waals surface area contributed by atoms with E-state index in [9.17, 15) is 14.4 Å². The molecule has 0 radical (unpaired) electrons. The Bertz CT molecular complexity index is 693. The number of nitrogens with one attached hydrogen (secondary N) is 1. The van der Waals surface area contributed by atoms with Crippen molar-refractivity contribution in [1.29, 1.82) is 0 Å². The molecule has 0 unspecified atom stereocenters. The zero-order valence-electron chi connectivity index (χ0n) is 14.2. The summed E-state index contributed by atoms with van der Waals surface area (Å²) < 4.78 is 0. The number of rotatable bonds is 7. The first kappa shape index (κ1) is 18.3. The second-order valence-electron chi connectivity index (χ2n) is 6.03. The van der Waals surface area contributed by atoms with Gasteiger partial charge in [-0.15, -0.1) is 11.3 Å². The first-order chi connectivity index (χ1) is 11.5.